The molecule has 0 saturated carbocycles. The van der Waals surface area contributed by atoms with Gasteiger partial charge in [0.1, 0.15) is 0 Å². The molecule has 1 atom stereocenters. The Labute approximate surface area is 88.4 Å². The first-order chi connectivity index (χ1) is 6.59. The van der Waals surface area contributed by atoms with Gasteiger partial charge in [-0.25, -0.2) is 0 Å². The number of aryl methyl sites for hydroxylation is 1. The summed E-state index contributed by atoms with van der Waals surface area (Å²) in [6.07, 6.45) is 1.81. The zero-order valence-corrected chi connectivity index (χ0v) is 9.64. The molecule has 1 aromatic heterocycles. The van der Waals surface area contributed by atoms with E-state index in [9.17, 15) is 0 Å². The molecule has 0 radical (unpaired) electrons. The van der Waals surface area contributed by atoms with E-state index in [1.54, 1.807) is 0 Å². The van der Waals surface area contributed by atoms with Crippen LogP contribution in [-0.2, 0) is 13.6 Å². The van der Waals surface area contributed by atoms with Gasteiger partial charge in [0.15, 0.2) is 0 Å². The second-order valence-electron chi connectivity index (χ2n) is 4.20. The smallest absolute Gasteiger partial charge is 0.0738 e. The summed E-state index contributed by atoms with van der Waals surface area (Å²) in [5.41, 5.74) is 1.14. The van der Waals surface area contributed by atoms with Gasteiger partial charge >= 0.3 is 0 Å². The molecule has 5 heteroatoms. The molecule has 2 rings (SSSR count). The maximum atomic E-state index is 3.90. The number of rotatable bonds is 3. The Morgan fingerprint density at radius 3 is 2.93 bits per heavy atom. The first-order valence-electron chi connectivity index (χ1n) is 4.80. The van der Waals surface area contributed by atoms with Gasteiger partial charge in [0.05, 0.1) is 11.9 Å². The van der Waals surface area contributed by atoms with Gasteiger partial charge in [0, 0.05) is 30.1 Å². The molecule has 1 unspecified atom stereocenters. The van der Waals surface area contributed by atoms with Crippen molar-refractivity contribution in [3.8, 4) is 0 Å². The molecular formula is C9H16N4S. The van der Waals surface area contributed by atoms with Crippen LogP contribution in [0.4, 0.5) is 0 Å². The quantitative estimate of drug-likeness (QED) is 0.805. The number of nitrogens with one attached hydrogen (secondary N) is 1. The standard InChI is InChI=1S/C9H16N4S/c1-9(2)8(6-14-9)10-4-7-5-11-12-13(7)3/h5,8,10H,4,6H2,1-3H3. The minimum atomic E-state index is 0.381. The van der Waals surface area contributed by atoms with Crippen LogP contribution < -0.4 is 5.32 Å². The Balaban J connectivity index is 1.87. The Kier molecular flexibility index (Phi) is 2.53. The highest BCUT2D eigenvalue weighted by Gasteiger charge is 2.38. The zero-order valence-electron chi connectivity index (χ0n) is 8.82. The van der Waals surface area contributed by atoms with Gasteiger partial charge < -0.3 is 5.32 Å². The van der Waals surface area contributed by atoms with E-state index < -0.39 is 0 Å². The van der Waals surface area contributed by atoms with Crippen molar-refractivity contribution < 1.29 is 0 Å². The molecule has 0 bridgehead atoms. The van der Waals surface area contributed by atoms with Crippen molar-refractivity contribution >= 4 is 11.8 Å². The SMILES string of the molecule is Cn1nncc1CNC1CSC1(C)C. The number of nitrogens with zero attached hydrogens (tertiary/aromatic N) is 3. The summed E-state index contributed by atoms with van der Waals surface area (Å²) in [7, 11) is 1.92. The lowest BCUT2D eigenvalue weighted by molar-refractivity contribution is 0.428. The van der Waals surface area contributed by atoms with Gasteiger partial charge in [0.25, 0.3) is 0 Å². The van der Waals surface area contributed by atoms with Crippen LogP contribution in [0.25, 0.3) is 0 Å². The van der Waals surface area contributed by atoms with Crippen molar-refractivity contribution in [2.24, 2.45) is 7.05 Å². The van der Waals surface area contributed by atoms with E-state index in [1.165, 1.54) is 5.75 Å². The molecule has 1 N–H and O–H groups in total. The van der Waals surface area contributed by atoms with Crippen molar-refractivity contribution in [1.29, 1.82) is 0 Å². The molecular weight excluding hydrogens is 196 g/mol. The number of hydrogen-bond acceptors (Lipinski definition) is 4. The van der Waals surface area contributed by atoms with Crippen LogP contribution in [0, 0.1) is 0 Å². The molecule has 0 amide bonds. The third kappa shape index (κ3) is 1.79. The van der Waals surface area contributed by atoms with Crippen LogP contribution in [0.1, 0.15) is 19.5 Å². The topological polar surface area (TPSA) is 42.7 Å². The van der Waals surface area contributed by atoms with E-state index in [0.29, 0.717) is 10.8 Å². The summed E-state index contributed by atoms with van der Waals surface area (Å²) in [6, 6.07) is 0.613. The second kappa shape index (κ2) is 3.55. The summed E-state index contributed by atoms with van der Waals surface area (Å²) in [5, 5.41) is 11.3. The van der Waals surface area contributed by atoms with Crippen LogP contribution >= 0.6 is 11.8 Å². The largest absolute Gasteiger partial charge is 0.306 e. The Morgan fingerprint density at radius 2 is 2.50 bits per heavy atom. The minimum absolute atomic E-state index is 0.381. The fraction of sp³-hybridized carbons (Fsp3) is 0.778. The molecule has 1 aliphatic rings. The highest BCUT2D eigenvalue weighted by atomic mass is 32.2. The lowest BCUT2D eigenvalue weighted by Gasteiger charge is -2.44. The molecule has 14 heavy (non-hydrogen) atoms. The maximum absolute atomic E-state index is 3.90. The summed E-state index contributed by atoms with van der Waals surface area (Å²) >= 11 is 2.01. The summed E-state index contributed by atoms with van der Waals surface area (Å²) in [5.74, 6) is 1.21. The maximum Gasteiger partial charge on any atom is 0.0738 e. The molecule has 0 aliphatic carbocycles. The average Bonchev–Trinajstić information content (AvgIpc) is 2.50. The van der Waals surface area contributed by atoms with Crippen LogP contribution in [0.3, 0.4) is 0 Å². The van der Waals surface area contributed by atoms with Crippen LogP contribution in [-0.4, -0.2) is 31.5 Å². The summed E-state index contributed by atoms with van der Waals surface area (Å²) in [4.78, 5) is 0. The third-order valence-corrected chi connectivity index (χ3v) is 4.33. The lowest BCUT2D eigenvalue weighted by Crippen LogP contribution is -2.54. The first-order valence-corrected chi connectivity index (χ1v) is 5.79. The van der Waals surface area contributed by atoms with Gasteiger partial charge in [-0.2, -0.15) is 11.8 Å². The Hall–Kier alpha value is -0.550. The van der Waals surface area contributed by atoms with E-state index in [1.807, 2.05) is 29.7 Å². The van der Waals surface area contributed by atoms with Crippen molar-refractivity contribution in [1.82, 2.24) is 20.3 Å². The average molecular weight is 212 g/mol. The van der Waals surface area contributed by atoms with E-state index >= 15 is 0 Å². The van der Waals surface area contributed by atoms with Crippen molar-refractivity contribution in [3.05, 3.63) is 11.9 Å². The zero-order chi connectivity index (χ0) is 10.2. The monoisotopic (exact) mass is 212 g/mol. The van der Waals surface area contributed by atoms with E-state index in [4.69, 9.17) is 0 Å². The summed E-state index contributed by atoms with van der Waals surface area (Å²) < 4.78 is 2.19. The molecule has 0 spiro atoms. The summed E-state index contributed by atoms with van der Waals surface area (Å²) in [6.45, 7) is 5.42. The lowest BCUT2D eigenvalue weighted by atomic mass is 10.0. The normalized spacial score (nSPS) is 24.6. The van der Waals surface area contributed by atoms with Crippen molar-refractivity contribution in [2.75, 3.05) is 5.75 Å². The Morgan fingerprint density at radius 1 is 1.71 bits per heavy atom. The molecule has 4 nitrogen and oxygen atoms in total. The predicted octanol–water partition coefficient (Wildman–Crippen LogP) is 0.799. The number of thioether (sulfide) groups is 1. The van der Waals surface area contributed by atoms with Crippen LogP contribution in [0.15, 0.2) is 6.20 Å². The van der Waals surface area contributed by atoms with E-state index in [-0.39, 0.29) is 0 Å². The van der Waals surface area contributed by atoms with E-state index in [2.05, 4.69) is 29.5 Å². The molecule has 2 heterocycles. The minimum Gasteiger partial charge on any atom is -0.306 e. The van der Waals surface area contributed by atoms with Crippen LogP contribution in [0.2, 0.25) is 0 Å². The van der Waals surface area contributed by atoms with Gasteiger partial charge in [0.2, 0.25) is 0 Å². The fourth-order valence-corrected chi connectivity index (χ4v) is 2.70. The molecule has 1 fully saturated rings. The fourth-order valence-electron chi connectivity index (χ4n) is 1.50. The molecule has 1 saturated heterocycles. The molecule has 78 valence electrons. The third-order valence-electron chi connectivity index (χ3n) is 2.80. The highest BCUT2D eigenvalue weighted by molar-refractivity contribution is 8.02. The molecule has 1 aliphatic heterocycles. The van der Waals surface area contributed by atoms with Crippen molar-refractivity contribution in [2.45, 2.75) is 31.2 Å². The highest BCUT2D eigenvalue weighted by Crippen LogP contribution is 2.39. The molecule has 1 aromatic rings. The van der Waals surface area contributed by atoms with E-state index in [0.717, 1.165) is 12.2 Å². The number of hydrogen-bond donors (Lipinski definition) is 1. The van der Waals surface area contributed by atoms with Gasteiger partial charge in [-0.15, -0.1) is 5.10 Å². The van der Waals surface area contributed by atoms with Crippen LogP contribution in [0.5, 0.6) is 0 Å². The van der Waals surface area contributed by atoms with Gasteiger partial charge in [-0.05, 0) is 13.8 Å². The number of aromatic nitrogens is 3. The second-order valence-corrected chi connectivity index (χ2v) is 5.87. The first kappa shape index (κ1) is 9.98. The van der Waals surface area contributed by atoms with Crippen molar-refractivity contribution in [3.63, 3.8) is 0 Å². The van der Waals surface area contributed by atoms with Gasteiger partial charge in [-0.1, -0.05) is 5.21 Å². The molecule has 0 aromatic carbocycles. The Bertz CT molecular complexity index is 320. The van der Waals surface area contributed by atoms with Gasteiger partial charge in [-0.3, -0.25) is 4.68 Å². The predicted molar refractivity (Wildman–Crippen MR) is 58.2 cm³/mol.